The molecule has 0 saturated heterocycles. The van der Waals surface area contributed by atoms with Crippen molar-refractivity contribution in [1.29, 1.82) is 0 Å². The molecule has 1 aromatic carbocycles. The second-order valence-corrected chi connectivity index (χ2v) is 5.62. The number of esters is 2. The molecule has 0 aromatic heterocycles. The van der Waals surface area contributed by atoms with Gasteiger partial charge in [-0.05, 0) is 51.1 Å². The summed E-state index contributed by atoms with van der Waals surface area (Å²) in [4.78, 5) is 35.9. The van der Waals surface area contributed by atoms with Gasteiger partial charge in [0.1, 0.15) is 6.29 Å². The third-order valence-electron chi connectivity index (χ3n) is 3.65. The summed E-state index contributed by atoms with van der Waals surface area (Å²) >= 11 is 0. The zero-order valence-electron chi connectivity index (χ0n) is 14.5. The van der Waals surface area contributed by atoms with Crippen LogP contribution in [0.5, 0.6) is 0 Å². The van der Waals surface area contributed by atoms with Gasteiger partial charge in [-0.15, -0.1) is 0 Å². The molecule has 1 rings (SSSR count). The number of carbonyl (C=O) groups is 3. The summed E-state index contributed by atoms with van der Waals surface area (Å²) in [5.74, 6) is -0.784. The van der Waals surface area contributed by atoms with Crippen LogP contribution < -0.4 is 0 Å². The number of hydrogen-bond donors (Lipinski definition) is 0. The summed E-state index contributed by atoms with van der Waals surface area (Å²) in [6.45, 7) is 2.98. The minimum absolute atomic E-state index is 0.140. The maximum atomic E-state index is 11.4. The van der Waals surface area contributed by atoms with Gasteiger partial charge in [0.15, 0.2) is 0 Å². The Hall–Kier alpha value is -2.21. The lowest BCUT2D eigenvalue weighted by atomic mass is 9.96. The summed E-state index contributed by atoms with van der Waals surface area (Å²) in [7, 11) is 3.16. The first-order chi connectivity index (χ1) is 11.5. The van der Waals surface area contributed by atoms with Crippen molar-refractivity contribution in [1.82, 2.24) is 4.90 Å². The van der Waals surface area contributed by atoms with Crippen LogP contribution in [0.4, 0.5) is 0 Å². The summed E-state index contributed by atoms with van der Waals surface area (Å²) in [5, 5.41) is 0. The molecule has 0 saturated carbocycles. The molecule has 0 aliphatic heterocycles. The standard InChI is InChI=1S/C18H25NO5/c1-4-24-17(21)12-19(2)10-9-15(13-20)11-14-5-7-16(8-6-14)18(22)23-3/h5-8,13,15H,4,9-12H2,1-3H3. The van der Waals surface area contributed by atoms with Gasteiger partial charge in [0.2, 0.25) is 0 Å². The summed E-state index contributed by atoms with van der Waals surface area (Å²) in [5.41, 5.74) is 1.46. The molecule has 0 bridgehead atoms. The maximum Gasteiger partial charge on any atom is 0.337 e. The van der Waals surface area contributed by atoms with Gasteiger partial charge in [-0.2, -0.15) is 0 Å². The van der Waals surface area contributed by atoms with E-state index in [4.69, 9.17) is 4.74 Å². The zero-order valence-corrected chi connectivity index (χ0v) is 14.5. The zero-order chi connectivity index (χ0) is 17.9. The Kier molecular flexibility index (Phi) is 8.71. The molecule has 0 heterocycles. The van der Waals surface area contributed by atoms with Gasteiger partial charge in [-0.3, -0.25) is 9.69 Å². The molecule has 6 nitrogen and oxygen atoms in total. The average molecular weight is 335 g/mol. The number of aldehydes is 1. The van der Waals surface area contributed by atoms with Gasteiger partial charge >= 0.3 is 11.9 Å². The van der Waals surface area contributed by atoms with E-state index >= 15 is 0 Å². The van der Waals surface area contributed by atoms with Gasteiger partial charge in [-0.1, -0.05) is 12.1 Å². The third-order valence-corrected chi connectivity index (χ3v) is 3.65. The fourth-order valence-corrected chi connectivity index (χ4v) is 2.31. The molecule has 0 spiro atoms. The third kappa shape index (κ3) is 6.91. The van der Waals surface area contributed by atoms with Crippen LogP contribution in [-0.2, 0) is 25.5 Å². The van der Waals surface area contributed by atoms with E-state index in [1.807, 2.05) is 24.1 Å². The molecule has 0 aliphatic carbocycles. The van der Waals surface area contributed by atoms with Crippen LogP contribution in [0.3, 0.4) is 0 Å². The van der Waals surface area contributed by atoms with Gasteiger partial charge < -0.3 is 14.3 Å². The van der Waals surface area contributed by atoms with Gasteiger partial charge in [0.25, 0.3) is 0 Å². The predicted octanol–water partition coefficient (Wildman–Crippen LogP) is 1.72. The summed E-state index contributed by atoms with van der Waals surface area (Å²) in [6, 6.07) is 7.03. The van der Waals surface area contributed by atoms with Gasteiger partial charge in [0.05, 0.1) is 25.8 Å². The summed E-state index contributed by atoms with van der Waals surface area (Å²) in [6.07, 6.45) is 2.18. The van der Waals surface area contributed by atoms with E-state index in [0.29, 0.717) is 31.6 Å². The number of methoxy groups -OCH3 is 1. The lowest BCUT2D eigenvalue weighted by Gasteiger charge is -2.18. The van der Waals surface area contributed by atoms with Crippen molar-refractivity contribution in [2.45, 2.75) is 19.8 Å². The molecule has 0 radical (unpaired) electrons. The Morgan fingerprint density at radius 3 is 2.46 bits per heavy atom. The molecule has 0 fully saturated rings. The van der Waals surface area contributed by atoms with Crippen LogP contribution in [0.1, 0.15) is 29.3 Å². The molecule has 0 N–H and O–H groups in total. The van der Waals surface area contributed by atoms with E-state index in [1.54, 1.807) is 19.1 Å². The second kappa shape index (κ2) is 10.5. The van der Waals surface area contributed by atoms with Crippen LogP contribution in [0.2, 0.25) is 0 Å². The fourth-order valence-electron chi connectivity index (χ4n) is 2.31. The van der Waals surface area contributed by atoms with Crippen molar-refractivity contribution >= 4 is 18.2 Å². The first-order valence-corrected chi connectivity index (χ1v) is 7.96. The van der Waals surface area contributed by atoms with E-state index in [0.717, 1.165) is 11.8 Å². The number of likely N-dealkylation sites (N-methyl/N-ethyl adjacent to an activating group) is 1. The van der Waals surface area contributed by atoms with E-state index in [1.165, 1.54) is 7.11 Å². The molecule has 0 aliphatic rings. The van der Waals surface area contributed by atoms with Crippen molar-refractivity contribution in [3.63, 3.8) is 0 Å². The largest absolute Gasteiger partial charge is 0.465 e. The minimum Gasteiger partial charge on any atom is -0.465 e. The maximum absolute atomic E-state index is 11.4. The lowest BCUT2D eigenvalue weighted by molar-refractivity contribution is -0.144. The van der Waals surface area contributed by atoms with Gasteiger partial charge in [0, 0.05) is 5.92 Å². The van der Waals surface area contributed by atoms with Crippen LogP contribution in [0.25, 0.3) is 0 Å². The average Bonchev–Trinajstić information content (AvgIpc) is 2.58. The molecular formula is C18H25NO5. The van der Waals surface area contributed by atoms with Crippen LogP contribution in [0, 0.1) is 5.92 Å². The molecule has 24 heavy (non-hydrogen) atoms. The van der Waals surface area contributed by atoms with Gasteiger partial charge in [-0.25, -0.2) is 4.79 Å². The lowest BCUT2D eigenvalue weighted by Crippen LogP contribution is -2.29. The number of ether oxygens (including phenoxy) is 2. The molecule has 1 unspecified atom stereocenters. The number of carbonyl (C=O) groups excluding carboxylic acids is 3. The molecule has 0 amide bonds. The first kappa shape index (κ1) is 19.8. The SMILES string of the molecule is CCOC(=O)CN(C)CCC(C=O)Cc1ccc(C(=O)OC)cc1. The Bertz CT molecular complexity index is 541. The van der Waals surface area contributed by atoms with Crippen molar-refractivity contribution in [2.75, 3.05) is 33.9 Å². The van der Waals surface area contributed by atoms with Crippen LogP contribution in [-0.4, -0.2) is 57.0 Å². The van der Waals surface area contributed by atoms with E-state index in [9.17, 15) is 14.4 Å². The molecule has 6 heteroatoms. The van der Waals surface area contributed by atoms with Crippen molar-refractivity contribution in [3.05, 3.63) is 35.4 Å². The Morgan fingerprint density at radius 1 is 1.25 bits per heavy atom. The predicted molar refractivity (Wildman–Crippen MR) is 89.8 cm³/mol. The molecule has 1 atom stereocenters. The van der Waals surface area contributed by atoms with Crippen molar-refractivity contribution in [3.8, 4) is 0 Å². The number of hydrogen-bond acceptors (Lipinski definition) is 6. The topological polar surface area (TPSA) is 72.9 Å². The highest BCUT2D eigenvalue weighted by Crippen LogP contribution is 2.13. The monoisotopic (exact) mass is 335 g/mol. The Balaban J connectivity index is 2.48. The number of nitrogens with zero attached hydrogens (tertiary/aromatic N) is 1. The minimum atomic E-state index is -0.380. The fraction of sp³-hybridized carbons (Fsp3) is 0.500. The van der Waals surface area contributed by atoms with E-state index < -0.39 is 0 Å². The highest BCUT2D eigenvalue weighted by molar-refractivity contribution is 5.89. The van der Waals surface area contributed by atoms with E-state index in [-0.39, 0.29) is 24.4 Å². The number of benzene rings is 1. The quantitative estimate of drug-likeness (QED) is 0.479. The van der Waals surface area contributed by atoms with Crippen LogP contribution in [0.15, 0.2) is 24.3 Å². The molecular weight excluding hydrogens is 310 g/mol. The molecule has 1 aromatic rings. The second-order valence-electron chi connectivity index (χ2n) is 5.62. The number of rotatable bonds is 10. The van der Waals surface area contributed by atoms with Crippen molar-refractivity contribution in [2.24, 2.45) is 5.92 Å². The van der Waals surface area contributed by atoms with Crippen molar-refractivity contribution < 1.29 is 23.9 Å². The summed E-state index contributed by atoms with van der Waals surface area (Å²) < 4.78 is 9.55. The first-order valence-electron chi connectivity index (χ1n) is 7.96. The smallest absolute Gasteiger partial charge is 0.337 e. The Labute approximate surface area is 142 Å². The van der Waals surface area contributed by atoms with Crippen LogP contribution >= 0.6 is 0 Å². The Morgan fingerprint density at radius 2 is 1.92 bits per heavy atom. The highest BCUT2D eigenvalue weighted by atomic mass is 16.5. The molecule has 132 valence electrons. The normalized spacial score (nSPS) is 11.8. The highest BCUT2D eigenvalue weighted by Gasteiger charge is 2.13. The van der Waals surface area contributed by atoms with E-state index in [2.05, 4.69) is 4.74 Å².